The number of hydrogen-bond acceptors (Lipinski definition) is 4. The molecule has 2 amide bonds. The first-order chi connectivity index (χ1) is 13.9. The predicted molar refractivity (Wildman–Crippen MR) is 111 cm³/mol. The van der Waals surface area contributed by atoms with Gasteiger partial charge in [-0.25, -0.2) is 8.42 Å². The summed E-state index contributed by atoms with van der Waals surface area (Å²) < 4.78 is 27.1. The molecule has 1 atom stereocenters. The number of halogens is 1. The average molecular weight is 442 g/mol. The summed E-state index contributed by atoms with van der Waals surface area (Å²) in [6, 6.07) is 6.05. The molecule has 7 nitrogen and oxygen atoms in total. The Bertz CT molecular complexity index is 823. The summed E-state index contributed by atoms with van der Waals surface area (Å²) in [6.45, 7) is 2.42. The van der Waals surface area contributed by atoms with E-state index in [1.54, 1.807) is 12.1 Å². The van der Waals surface area contributed by atoms with Crippen LogP contribution in [0.4, 0.5) is 0 Å². The van der Waals surface area contributed by atoms with E-state index in [9.17, 15) is 18.0 Å². The molecule has 9 heteroatoms. The smallest absolute Gasteiger partial charge is 0.243 e. The highest BCUT2D eigenvalue weighted by Crippen LogP contribution is 2.25. The molecule has 2 heterocycles. The Balaban J connectivity index is 1.51. The number of nitrogens with one attached hydrogen (secondary N) is 1. The summed E-state index contributed by atoms with van der Waals surface area (Å²) >= 11 is 5.84. The zero-order valence-corrected chi connectivity index (χ0v) is 18.1. The molecule has 1 N–H and O–H groups in total. The van der Waals surface area contributed by atoms with Crippen molar-refractivity contribution in [2.45, 2.75) is 43.4 Å². The highest BCUT2D eigenvalue weighted by Gasteiger charge is 2.33. The van der Waals surface area contributed by atoms with Crippen molar-refractivity contribution in [3.63, 3.8) is 0 Å². The molecule has 0 radical (unpaired) electrons. The van der Waals surface area contributed by atoms with Crippen LogP contribution in [0.2, 0.25) is 5.02 Å². The molecule has 3 rings (SSSR count). The third-order valence-corrected chi connectivity index (χ3v) is 7.68. The molecule has 1 aromatic rings. The van der Waals surface area contributed by atoms with E-state index in [0.29, 0.717) is 24.4 Å². The van der Waals surface area contributed by atoms with Crippen molar-refractivity contribution in [3.05, 3.63) is 29.3 Å². The number of carbonyl (C=O) groups is 2. The van der Waals surface area contributed by atoms with Gasteiger partial charge in [-0.2, -0.15) is 4.31 Å². The monoisotopic (exact) mass is 441 g/mol. The number of hydrogen-bond donors (Lipinski definition) is 1. The molecule has 0 saturated carbocycles. The van der Waals surface area contributed by atoms with Crippen LogP contribution in [0.3, 0.4) is 0 Å². The zero-order chi connectivity index (χ0) is 20.9. The number of carbonyl (C=O) groups excluding carboxylic acids is 2. The van der Waals surface area contributed by atoms with Crippen LogP contribution in [0.1, 0.15) is 38.5 Å². The molecule has 2 aliphatic rings. The number of nitrogens with zero attached hydrogens (tertiary/aromatic N) is 2. The fraction of sp³-hybridized carbons (Fsp3) is 0.600. The fourth-order valence-electron chi connectivity index (χ4n) is 3.87. The molecule has 0 bridgehead atoms. The van der Waals surface area contributed by atoms with Crippen LogP contribution < -0.4 is 5.32 Å². The first-order valence-corrected chi connectivity index (χ1v) is 12.0. The maximum absolute atomic E-state index is 12.8. The lowest BCUT2D eigenvalue weighted by molar-refractivity contribution is -0.132. The Morgan fingerprint density at radius 1 is 1.03 bits per heavy atom. The largest absolute Gasteiger partial charge is 0.355 e. The standard InChI is InChI=1S/C20H28ClN3O4S/c21-17-6-8-18(9-7-17)29(27,28)24-14-4-5-16(15-24)20(26)22-11-10-19(25)23-12-2-1-3-13-23/h6-9,16H,1-5,10-15H2,(H,22,26)/t16-/m0/s1. The molecule has 2 fully saturated rings. The van der Waals surface area contributed by atoms with E-state index in [1.807, 2.05) is 4.90 Å². The number of benzene rings is 1. The van der Waals surface area contributed by atoms with Gasteiger partial charge in [0.2, 0.25) is 21.8 Å². The quantitative estimate of drug-likeness (QED) is 0.733. The molecule has 2 aliphatic heterocycles. The van der Waals surface area contributed by atoms with Gasteiger partial charge in [-0.15, -0.1) is 0 Å². The lowest BCUT2D eigenvalue weighted by atomic mass is 9.99. The van der Waals surface area contributed by atoms with Crippen LogP contribution >= 0.6 is 11.6 Å². The second kappa shape index (κ2) is 9.91. The third-order valence-electron chi connectivity index (χ3n) is 5.55. The summed E-state index contributed by atoms with van der Waals surface area (Å²) in [5.74, 6) is -0.524. The van der Waals surface area contributed by atoms with Crippen molar-refractivity contribution in [1.82, 2.24) is 14.5 Å². The lowest BCUT2D eigenvalue weighted by Crippen LogP contribution is -2.46. The molecule has 1 aromatic carbocycles. The van der Waals surface area contributed by atoms with Gasteiger partial charge < -0.3 is 10.2 Å². The van der Waals surface area contributed by atoms with E-state index in [4.69, 9.17) is 11.6 Å². The van der Waals surface area contributed by atoms with Crippen LogP contribution in [0.15, 0.2) is 29.2 Å². The predicted octanol–water partition coefficient (Wildman–Crippen LogP) is 2.26. The molecule has 0 aromatic heterocycles. The zero-order valence-electron chi connectivity index (χ0n) is 16.5. The SMILES string of the molecule is O=C(NCCC(=O)N1CCCCC1)[C@H]1CCCN(S(=O)(=O)c2ccc(Cl)cc2)C1. The highest BCUT2D eigenvalue weighted by atomic mass is 35.5. The third kappa shape index (κ3) is 5.71. The van der Waals surface area contributed by atoms with Crippen LogP contribution in [0, 0.1) is 5.92 Å². The minimum atomic E-state index is -3.66. The van der Waals surface area contributed by atoms with E-state index >= 15 is 0 Å². The van der Waals surface area contributed by atoms with Gasteiger partial charge in [-0.3, -0.25) is 9.59 Å². The molecule has 0 unspecified atom stereocenters. The second-order valence-corrected chi connectivity index (χ2v) is 10.0. The van der Waals surface area contributed by atoms with E-state index in [1.165, 1.54) is 16.4 Å². The van der Waals surface area contributed by atoms with E-state index in [-0.39, 0.29) is 36.2 Å². The van der Waals surface area contributed by atoms with E-state index < -0.39 is 15.9 Å². The Morgan fingerprint density at radius 2 is 1.72 bits per heavy atom. The van der Waals surface area contributed by atoms with Gasteiger partial charge >= 0.3 is 0 Å². The summed E-state index contributed by atoms with van der Waals surface area (Å²) in [6.07, 6.45) is 4.79. The first-order valence-electron chi connectivity index (χ1n) is 10.2. The number of likely N-dealkylation sites (tertiary alicyclic amines) is 1. The maximum Gasteiger partial charge on any atom is 0.243 e. The number of piperidine rings is 2. The van der Waals surface area contributed by atoms with Gasteiger partial charge in [0, 0.05) is 44.2 Å². The molecular formula is C20H28ClN3O4S. The number of amides is 2. The first kappa shape index (κ1) is 22.1. The Morgan fingerprint density at radius 3 is 2.41 bits per heavy atom. The molecule has 0 aliphatic carbocycles. The van der Waals surface area contributed by atoms with Gasteiger partial charge in [0.25, 0.3) is 0 Å². The van der Waals surface area contributed by atoms with Crippen LogP contribution in [-0.4, -0.2) is 62.2 Å². The minimum Gasteiger partial charge on any atom is -0.355 e. The molecule has 2 saturated heterocycles. The normalized spacial score (nSPS) is 21.0. The van der Waals surface area contributed by atoms with Gasteiger partial charge in [-0.1, -0.05) is 11.6 Å². The summed E-state index contributed by atoms with van der Waals surface area (Å²) in [4.78, 5) is 26.8. The van der Waals surface area contributed by atoms with Crippen molar-refractivity contribution in [3.8, 4) is 0 Å². The molecule has 160 valence electrons. The molecular weight excluding hydrogens is 414 g/mol. The Hall–Kier alpha value is -1.64. The van der Waals surface area contributed by atoms with Crippen LogP contribution in [-0.2, 0) is 19.6 Å². The fourth-order valence-corrected chi connectivity index (χ4v) is 5.52. The van der Waals surface area contributed by atoms with Crippen LogP contribution in [0.25, 0.3) is 0 Å². The minimum absolute atomic E-state index is 0.0700. The number of sulfonamides is 1. The second-order valence-electron chi connectivity index (χ2n) is 7.64. The Kier molecular flexibility index (Phi) is 7.54. The van der Waals surface area contributed by atoms with Gasteiger partial charge in [0.1, 0.15) is 0 Å². The van der Waals surface area contributed by atoms with Crippen molar-refractivity contribution in [1.29, 1.82) is 0 Å². The molecule has 29 heavy (non-hydrogen) atoms. The van der Waals surface area contributed by atoms with Crippen molar-refractivity contribution < 1.29 is 18.0 Å². The number of rotatable bonds is 6. The topological polar surface area (TPSA) is 86.8 Å². The average Bonchev–Trinajstić information content (AvgIpc) is 2.74. The van der Waals surface area contributed by atoms with E-state index in [2.05, 4.69) is 5.32 Å². The van der Waals surface area contributed by atoms with Crippen molar-refractivity contribution in [2.75, 3.05) is 32.7 Å². The van der Waals surface area contributed by atoms with E-state index in [0.717, 1.165) is 32.4 Å². The van der Waals surface area contributed by atoms with Gasteiger partial charge in [0.05, 0.1) is 10.8 Å². The summed E-state index contributed by atoms with van der Waals surface area (Å²) in [7, 11) is -3.66. The summed E-state index contributed by atoms with van der Waals surface area (Å²) in [5, 5.41) is 3.29. The summed E-state index contributed by atoms with van der Waals surface area (Å²) in [5.41, 5.74) is 0. The lowest BCUT2D eigenvalue weighted by Gasteiger charge is -2.31. The van der Waals surface area contributed by atoms with Crippen LogP contribution in [0.5, 0.6) is 0 Å². The van der Waals surface area contributed by atoms with Gasteiger partial charge in [0.15, 0.2) is 0 Å². The highest BCUT2D eigenvalue weighted by molar-refractivity contribution is 7.89. The van der Waals surface area contributed by atoms with Gasteiger partial charge in [-0.05, 0) is 56.4 Å². The van der Waals surface area contributed by atoms with Crippen molar-refractivity contribution in [2.24, 2.45) is 5.92 Å². The van der Waals surface area contributed by atoms with Crippen molar-refractivity contribution >= 4 is 33.4 Å². The Labute approximate surface area is 177 Å². The maximum atomic E-state index is 12.8. The molecule has 0 spiro atoms.